The summed E-state index contributed by atoms with van der Waals surface area (Å²) < 4.78 is 13.1. The van der Waals surface area contributed by atoms with Crippen molar-refractivity contribution in [3.63, 3.8) is 0 Å². The number of fused-ring (bicyclic) bond motifs is 1. The van der Waals surface area contributed by atoms with E-state index in [0.717, 1.165) is 43.6 Å². The smallest absolute Gasteiger partial charge is 0.166 e. The van der Waals surface area contributed by atoms with E-state index in [0.29, 0.717) is 12.0 Å². The number of nitrogens with zero attached hydrogens (tertiary/aromatic N) is 1. The number of piperidine rings is 1. The van der Waals surface area contributed by atoms with Crippen molar-refractivity contribution in [2.24, 2.45) is 5.92 Å². The molecule has 2 aromatic carbocycles. The second-order valence-corrected chi connectivity index (χ2v) is 7.71. The van der Waals surface area contributed by atoms with Gasteiger partial charge in [-0.15, -0.1) is 12.4 Å². The predicted molar refractivity (Wildman–Crippen MR) is 110 cm³/mol. The van der Waals surface area contributed by atoms with Crippen LogP contribution in [0.3, 0.4) is 0 Å². The lowest BCUT2D eigenvalue weighted by Gasteiger charge is -2.42. The van der Waals surface area contributed by atoms with E-state index in [1.165, 1.54) is 17.7 Å². The van der Waals surface area contributed by atoms with Crippen LogP contribution in [0.4, 0.5) is 10.1 Å². The van der Waals surface area contributed by atoms with Gasteiger partial charge in [-0.25, -0.2) is 4.39 Å². The summed E-state index contributed by atoms with van der Waals surface area (Å²) in [7, 11) is 0. The van der Waals surface area contributed by atoms with Crippen molar-refractivity contribution in [2.45, 2.75) is 37.8 Å². The van der Waals surface area contributed by atoms with Crippen LogP contribution in [0, 0.1) is 11.7 Å². The number of ketones is 1. The highest BCUT2D eigenvalue weighted by Crippen LogP contribution is 2.31. The van der Waals surface area contributed by atoms with Crippen LogP contribution >= 0.6 is 12.4 Å². The molecule has 6 heteroatoms. The number of nitrogens with two attached hydrogens (primary N) is 1. The average molecular weight is 405 g/mol. The van der Waals surface area contributed by atoms with E-state index in [-0.39, 0.29) is 36.0 Å². The van der Waals surface area contributed by atoms with Gasteiger partial charge in [0, 0.05) is 29.6 Å². The number of benzene rings is 2. The first kappa shape index (κ1) is 20.8. The Hall–Kier alpha value is -1.95. The summed E-state index contributed by atoms with van der Waals surface area (Å²) in [5.74, 6) is -0.263. The number of aliphatic hydroxyl groups is 1. The summed E-state index contributed by atoms with van der Waals surface area (Å²) in [4.78, 5) is 15.0. The van der Waals surface area contributed by atoms with Gasteiger partial charge in [0.2, 0.25) is 0 Å². The maximum atomic E-state index is 13.1. The topological polar surface area (TPSA) is 66.6 Å². The summed E-state index contributed by atoms with van der Waals surface area (Å²) in [6, 6.07) is 11.8. The molecule has 1 aliphatic heterocycles. The van der Waals surface area contributed by atoms with Crippen LogP contribution in [0.25, 0.3) is 0 Å². The Morgan fingerprint density at radius 2 is 1.75 bits per heavy atom. The molecule has 0 radical (unpaired) electrons. The molecule has 2 aliphatic rings. The lowest BCUT2D eigenvalue weighted by atomic mass is 9.82. The molecule has 0 saturated carbocycles. The zero-order chi connectivity index (χ0) is 19.0. The van der Waals surface area contributed by atoms with Crippen LogP contribution in [-0.2, 0) is 12.8 Å². The molecule has 1 fully saturated rings. The van der Waals surface area contributed by atoms with Gasteiger partial charge in [0.15, 0.2) is 5.78 Å². The number of anilines is 1. The Labute approximate surface area is 171 Å². The first-order chi connectivity index (χ1) is 13.0. The lowest BCUT2D eigenvalue weighted by Crippen LogP contribution is -2.51. The van der Waals surface area contributed by atoms with Gasteiger partial charge in [-0.05, 0) is 73.8 Å². The zero-order valence-corrected chi connectivity index (χ0v) is 16.5. The van der Waals surface area contributed by atoms with Crippen LogP contribution in [0.15, 0.2) is 42.5 Å². The first-order valence-corrected chi connectivity index (χ1v) is 9.61. The highest BCUT2D eigenvalue weighted by atomic mass is 35.5. The number of hydrogen-bond acceptors (Lipinski definition) is 4. The number of nitrogen functional groups attached to an aromatic ring is 1. The molecule has 3 N–H and O–H groups in total. The summed E-state index contributed by atoms with van der Waals surface area (Å²) >= 11 is 0. The Morgan fingerprint density at radius 3 is 2.43 bits per heavy atom. The molecular formula is C22H26ClFN2O2. The second kappa shape index (κ2) is 8.60. The van der Waals surface area contributed by atoms with E-state index >= 15 is 0 Å². The van der Waals surface area contributed by atoms with Gasteiger partial charge >= 0.3 is 0 Å². The van der Waals surface area contributed by atoms with E-state index in [2.05, 4.69) is 11.0 Å². The largest absolute Gasteiger partial charge is 0.398 e. The van der Waals surface area contributed by atoms with Crippen molar-refractivity contribution < 1.29 is 14.3 Å². The van der Waals surface area contributed by atoms with Crippen molar-refractivity contribution in [2.75, 3.05) is 18.8 Å². The average Bonchev–Trinajstić information content (AvgIpc) is 2.68. The fourth-order valence-corrected chi connectivity index (χ4v) is 4.52. The van der Waals surface area contributed by atoms with Crippen molar-refractivity contribution in [3.05, 3.63) is 65.0 Å². The molecule has 0 spiro atoms. The summed E-state index contributed by atoms with van der Waals surface area (Å²) in [6.07, 6.45) is 2.47. The quantitative estimate of drug-likeness (QED) is 0.608. The predicted octanol–water partition coefficient (Wildman–Crippen LogP) is 3.25. The molecule has 0 amide bonds. The van der Waals surface area contributed by atoms with Gasteiger partial charge in [-0.3, -0.25) is 9.69 Å². The molecule has 0 unspecified atom stereocenters. The van der Waals surface area contributed by atoms with Gasteiger partial charge in [0.25, 0.3) is 0 Å². The van der Waals surface area contributed by atoms with Crippen molar-refractivity contribution in [3.8, 4) is 0 Å². The number of carbonyl (C=O) groups excluding carboxylic acids is 1. The Kier molecular flexibility index (Phi) is 6.38. The standard InChI is InChI=1S/C22H25FN2O2.ClH/c23-17-6-4-14(5-7-17)22(27)15-8-10-25(11-9-15)20-12-16-2-1-3-19(24)18(16)13-21(20)26;/h1-7,15,20-21,26H,8-13,24H2;1H/t20-,21-;/m1./s1. The molecular weight excluding hydrogens is 379 g/mol. The summed E-state index contributed by atoms with van der Waals surface area (Å²) in [5.41, 5.74) is 9.69. The van der Waals surface area contributed by atoms with Crippen LogP contribution in [-0.4, -0.2) is 41.0 Å². The monoisotopic (exact) mass is 404 g/mol. The molecule has 0 bridgehead atoms. The Morgan fingerprint density at radius 1 is 1.07 bits per heavy atom. The van der Waals surface area contributed by atoms with E-state index in [4.69, 9.17) is 5.73 Å². The van der Waals surface area contributed by atoms with Crippen LogP contribution < -0.4 is 5.73 Å². The van der Waals surface area contributed by atoms with Crippen LogP contribution in [0.1, 0.15) is 34.3 Å². The van der Waals surface area contributed by atoms with Gasteiger partial charge in [-0.2, -0.15) is 0 Å². The third-order valence-electron chi connectivity index (χ3n) is 6.09. The number of rotatable bonds is 3. The van der Waals surface area contributed by atoms with E-state index in [9.17, 15) is 14.3 Å². The van der Waals surface area contributed by atoms with Crippen LogP contribution in [0.2, 0.25) is 0 Å². The fraction of sp³-hybridized carbons (Fsp3) is 0.409. The highest BCUT2D eigenvalue weighted by molar-refractivity contribution is 5.97. The minimum atomic E-state index is -0.438. The first-order valence-electron chi connectivity index (χ1n) is 9.61. The van der Waals surface area contributed by atoms with Gasteiger partial charge in [0.1, 0.15) is 5.82 Å². The van der Waals surface area contributed by atoms with Crippen molar-refractivity contribution in [1.29, 1.82) is 0 Å². The SMILES string of the molecule is Cl.Nc1cccc2c1C[C@@H](O)[C@H](N1CCC(C(=O)c3ccc(F)cc3)CC1)C2. The number of halogens is 2. The van der Waals surface area contributed by atoms with E-state index in [1.54, 1.807) is 12.1 Å². The maximum Gasteiger partial charge on any atom is 0.166 e. The van der Waals surface area contributed by atoms with Crippen molar-refractivity contribution >= 4 is 23.9 Å². The molecule has 28 heavy (non-hydrogen) atoms. The van der Waals surface area contributed by atoms with Crippen LogP contribution in [0.5, 0.6) is 0 Å². The molecule has 1 heterocycles. The third-order valence-corrected chi connectivity index (χ3v) is 6.09. The lowest BCUT2D eigenvalue weighted by molar-refractivity contribution is 0.0240. The van der Waals surface area contributed by atoms with Gasteiger partial charge < -0.3 is 10.8 Å². The summed E-state index contributed by atoms with van der Waals surface area (Å²) in [6.45, 7) is 1.58. The number of Topliss-reactive ketones (excluding diaryl/α,β-unsaturated/α-hetero) is 1. The fourth-order valence-electron chi connectivity index (χ4n) is 4.52. The van der Waals surface area contributed by atoms with E-state index < -0.39 is 6.10 Å². The second-order valence-electron chi connectivity index (χ2n) is 7.71. The molecule has 150 valence electrons. The minimum Gasteiger partial charge on any atom is -0.398 e. The van der Waals surface area contributed by atoms with E-state index in [1.807, 2.05) is 12.1 Å². The molecule has 1 aliphatic carbocycles. The summed E-state index contributed by atoms with van der Waals surface area (Å²) in [5, 5.41) is 10.7. The Bertz CT molecular complexity index is 835. The number of hydrogen-bond donors (Lipinski definition) is 2. The number of aliphatic hydroxyl groups excluding tert-OH is 1. The van der Waals surface area contributed by atoms with Gasteiger partial charge in [-0.1, -0.05) is 12.1 Å². The van der Waals surface area contributed by atoms with Gasteiger partial charge in [0.05, 0.1) is 6.10 Å². The third kappa shape index (κ3) is 4.07. The molecule has 0 aromatic heterocycles. The number of likely N-dealkylation sites (tertiary alicyclic amines) is 1. The van der Waals surface area contributed by atoms with Crippen molar-refractivity contribution in [1.82, 2.24) is 4.90 Å². The zero-order valence-electron chi connectivity index (χ0n) is 15.7. The normalized spacial score (nSPS) is 22.9. The maximum absolute atomic E-state index is 13.1. The minimum absolute atomic E-state index is 0. The molecule has 4 rings (SSSR count). The molecule has 2 aromatic rings. The Balaban J connectivity index is 0.00000225. The molecule has 2 atom stereocenters. The molecule has 4 nitrogen and oxygen atoms in total. The highest BCUT2D eigenvalue weighted by Gasteiger charge is 2.35. The molecule has 1 saturated heterocycles. The number of carbonyl (C=O) groups is 1.